The molecule has 0 N–H and O–H groups in total. The minimum Gasteiger partial charge on any atom is -0.292 e. The van der Waals surface area contributed by atoms with Crippen LogP contribution in [-0.2, 0) is 8.37 Å². The second kappa shape index (κ2) is 11.0. The van der Waals surface area contributed by atoms with E-state index in [-0.39, 0.29) is 11.5 Å². The molecule has 0 aromatic heterocycles. The van der Waals surface area contributed by atoms with Crippen molar-refractivity contribution in [2.45, 2.75) is 59.5 Å². The van der Waals surface area contributed by atoms with E-state index in [2.05, 4.69) is 32.6 Å². The minimum atomic E-state index is -0.153. The van der Waals surface area contributed by atoms with Crippen LogP contribution in [0.1, 0.15) is 53.4 Å². The van der Waals surface area contributed by atoms with E-state index in [1.807, 2.05) is 6.92 Å². The Balaban J connectivity index is 4.18. The van der Waals surface area contributed by atoms with Gasteiger partial charge in [-0.05, 0) is 40.0 Å². The van der Waals surface area contributed by atoms with E-state index in [1.165, 1.54) is 0 Å². The van der Waals surface area contributed by atoms with Crippen molar-refractivity contribution < 1.29 is 8.37 Å². The molecular formula is C14H25ClO2S. The Morgan fingerprint density at radius 3 is 2.56 bits per heavy atom. The molecular weight excluding hydrogens is 268 g/mol. The molecule has 106 valence electrons. The van der Waals surface area contributed by atoms with Crippen LogP contribution in [0.2, 0.25) is 0 Å². The van der Waals surface area contributed by atoms with Crippen LogP contribution in [0.3, 0.4) is 0 Å². The summed E-state index contributed by atoms with van der Waals surface area (Å²) in [6, 6.07) is 0. The van der Waals surface area contributed by atoms with Gasteiger partial charge in [-0.15, -0.1) is 17.5 Å². The molecule has 0 fully saturated rings. The zero-order chi connectivity index (χ0) is 13.9. The number of unbranched alkanes of at least 4 members (excludes halogenated alkanes) is 2. The number of hydrogen-bond donors (Lipinski definition) is 0. The highest BCUT2D eigenvalue weighted by molar-refractivity contribution is 7.89. The quantitative estimate of drug-likeness (QED) is 0.263. The Bertz CT molecular complexity index is 258. The standard InChI is InChI=1S/C14H25ClO2S/c1-5-13(17-18-16-6-2)14(3,4)11-9-7-8-10-12-15/h13H,5-8,10,12H2,1-4H3/t13-/m0/s1. The molecule has 0 aromatic carbocycles. The lowest BCUT2D eigenvalue weighted by Crippen LogP contribution is -2.28. The van der Waals surface area contributed by atoms with Gasteiger partial charge in [0, 0.05) is 12.3 Å². The van der Waals surface area contributed by atoms with Crippen molar-refractivity contribution in [2.75, 3.05) is 12.5 Å². The first-order valence-corrected chi connectivity index (χ1v) is 7.79. The van der Waals surface area contributed by atoms with Crippen LogP contribution in [0, 0.1) is 17.3 Å². The van der Waals surface area contributed by atoms with E-state index in [4.69, 9.17) is 20.0 Å². The average molecular weight is 293 g/mol. The van der Waals surface area contributed by atoms with Crippen molar-refractivity contribution in [3.63, 3.8) is 0 Å². The summed E-state index contributed by atoms with van der Waals surface area (Å²) in [4.78, 5) is 0. The van der Waals surface area contributed by atoms with Crippen LogP contribution in [-0.4, -0.2) is 18.6 Å². The second-order valence-corrected chi connectivity index (χ2v) is 5.58. The van der Waals surface area contributed by atoms with Gasteiger partial charge in [-0.2, -0.15) is 0 Å². The summed E-state index contributed by atoms with van der Waals surface area (Å²) in [6.07, 6.45) is 4.01. The normalized spacial score (nSPS) is 12.9. The van der Waals surface area contributed by atoms with Gasteiger partial charge < -0.3 is 0 Å². The summed E-state index contributed by atoms with van der Waals surface area (Å²) in [7, 11) is 0. The first-order valence-electron chi connectivity index (χ1n) is 6.59. The fourth-order valence-electron chi connectivity index (χ4n) is 1.50. The van der Waals surface area contributed by atoms with Gasteiger partial charge in [0.05, 0.1) is 18.1 Å². The molecule has 0 unspecified atom stereocenters. The lowest BCUT2D eigenvalue weighted by Gasteiger charge is -2.27. The monoisotopic (exact) mass is 292 g/mol. The smallest absolute Gasteiger partial charge is 0.158 e. The lowest BCUT2D eigenvalue weighted by molar-refractivity contribution is 0.119. The van der Waals surface area contributed by atoms with Gasteiger partial charge in [-0.1, -0.05) is 12.8 Å². The summed E-state index contributed by atoms with van der Waals surface area (Å²) in [5.74, 6) is 7.25. The Morgan fingerprint density at radius 1 is 1.28 bits per heavy atom. The predicted molar refractivity (Wildman–Crippen MR) is 80.5 cm³/mol. The highest BCUT2D eigenvalue weighted by atomic mass is 35.5. The molecule has 0 amide bonds. The largest absolute Gasteiger partial charge is 0.292 e. The van der Waals surface area contributed by atoms with Crippen LogP contribution >= 0.6 is 23.9 Å². The predicted octanol–water partition coefficient (Wildman–Crippen LogP) is 4.82. The number of rotatable bonds is 9. The molecule has 0 heterocycles. The Morgan fingerprint density at radius 2 is 2.00 bits per heavy atom. The van der Waals surface area contributed by atoms with Crippen molar-refractivity contribution in [3.8, 4) is 11.8 Å². The maximum Gasteiger partial charge on any atom is 0.158 e. The highest BCUT2D eigenvalue weighted by Crippen LogP contribution is 2.28. The van der Waals surface area contributed by atoms with Crippen molar-refractivity contribution >= 4 is 23.9 Å². The van der Waals surface area contributed by atoms with Gasteiger partial charge in [0.2, 0.25) is 0 Å². The van der Waals surface area contributed by atoms with Crippen molar-refractivity contribution in [1.29, 1.82) is 0 Å². The molecule has 0 saturated carbocycles. The summed E-state index contributed by atoms with van der Waals surface area (Å²) >= 11 is 6.70. The fraction of sp³-hybridized carbons (Fsp3) is 0.857. The molecule has 0 spiro atoms. The van der Waals surface area contributed by atoms with Crippen LogP contribution in [0.25, 0.3) is 0 Å². The number of halogens is 1. The number of alkyl halides is 1. The Kier molecular flexibility index (Phi) is 11.1. The summed E-state index contributed by atoms with van der Waals surface area (Å²) in [5.41, 5.74) is -0.153. The van der Waals surface area contributed by atoms with Crippen molar-refractivity contribution in [1.82, 2.24) is 0 Å². The first-order chi connectivity index (χ1) is 8.58. The lowest BCUT2D eigenvalue weighted by atomic mass is 9.86. The molecule has 0 radical (unpaired) electrons. The summed E-state index contributed by atoms with van der Waals surface area (Å²) < 4.78 is 10.8. The maximum atomic E-state index is 5.65. The van der Waals surface area contributed by atoms with Gasteiger partial charge in [0.1, 0.15) is 0 Å². The van der Waals surface area contributed by atoms with Crippen LogP contribution in [0.5, 0.6) is 0 Å². The second-order valence-electron chi connectivity index (χ2n) is 4.64. The molecule has 0 aromatic rings. The molecule has 1 atom stereocenters. The fourth-order valence-corrected chi connectivity index (χ4v) is 2.31. The van der Waals surface area contributed by atoms with Gasteiger partial charge in [0.25, 0.3) is 0 Å². The summed E-state index contributed by atoms with van der Waals surface area (Å²) in [5, 5.41) is 0. The molecule has 0 saturated heterocycles. The molecule has 0 aliphatic heterocycles. The Labute approximate surface area is 122 Å². The van der Waals surface area contributed by atoms with Crippen molar-refractivity contribution in [2.24, 2.45) is 5.41 Å². The molecule has 0 aliphatic rings. The van der Waals surface area contributed by atoms with E-state index in [9.17, 15) is 0 Å². The van der Waals surface area contributed by atoms with Gasteiger partial charge in [0.15, 0.2) is 12.3 Å². The average Bonchev–Trinajstić information content (AvgIpc) is 2.34. The molecule has 18 heavy (non-hydrogen) atoms. The van der Waals surface area contributed by atoms with Crippen LogP contribution in [0.4, 0.5) is 0 Å². The molecule has 0 bridgehead atoms. The molecule has 0 rings (SSSR count). The highest BCUT2D eigenvalue weighted by Gasteiger charge is 2.27. The van der Waals surface area contributed by atoms with E-state index in [1.54, 1.807) is 0 Å². The first kappa shape index (κ1) is 18.1. The van der Waals surface area contributed by atoms with Crippen LogP contribution in [0.15, 0.2) is 0 Å². The maximum absolute atomic E-state index is 5.65. The van der Waals surface area contributed by atoms with Crippen molar-refractivity contribution in [3.05, 3.63) is 0 Å². The molecule has 2 nitrogen and oxygen atoms in total. The van der Waals surface area contributed by atoms with Crippen LogP contribution < -0.4 is 0 Å². The summed E-state index contributed by atoms with van der Waals surface area (Å²) in [6.45, 7) is 8.92. The number of hydrogen-bond acceptors (Lipinski definition) is 3. The van der Waals surface area contributed by atoms with Gasteiger partial charge in [-0.3, -0.25) is 8.37 Å². The van der Waals surface area contributed by atoms with E-state index in [0.29, 0.717) is 6.61 Å². The topological polar surface area (TPSA) is 18.5 Å². The van der Waals surface area contributed by atoms with E-state index in [0.717, 1.165) is 43.9 Å². The third-order valence-corrected chi connectivity index (χ3v) is 3.50. The zero-order valence-corrected chi connectivity index (χ0v) is 13.5. The van der Waals surface area contributed by atoms with Gasteiger partial charge >= 0.3 is 0 Å². The minimum absolute atomic E-state index is 0.0783. The van der Waals surface area contributed by atoms with E-state index >= 15 is 0 Å². The third kappa shape index (κ3) is 8.26. The SMILES string of the molecule is CCOSO[C@@H](CC)C(C)(C)C#CCCCCCl. The third-order valence-electron chi connectivity index (χ3n) is 2.59. The Hall–Kier alpha value is 0.120. The molecule has 0 aliphatic carbocycles. The van der Waals surface area contributed by atoms with E-state index < -0.39 is 0 Å². The zero-order valence-electron chi connectivity index (χ0n) is 11.9. The molecule has 4 heteroatoms. The van der Waals surface area contributed by atoms with Gasteiger partial charge in [-0.25, -0.2) is 0 Å².